The summed E-state index contributed by atoms with van der Waals surface area (Å²) in [5, 5.41) is 7.40. The summed E-state index contributed by atoms with van der Waals surface area (Å²) in [6.45, 7) is 2.15. The smallest absolute Gasteiger partial charge is 0.227 e. The maximum absolute atomic E-state index is 5.56. The summed E-state index contributed by atoms with van der Waals surface area (Å²) in [4.78, 5) is 4.66. The highest BCUT2D eigenvalue weighted by Gasteiger charge is 2.51. The van der Waals surface area contributed by atoms with Crippen LogP contribution in [0.1, 0.15) is 57.2 Å². The molecule has 4 aliphatic carbocycles. The number of hydrogen-bond donors (Lipinski definition) is 1. The van der Waals surface area contributed by atoms with E-state index in [9.17, 15) is 0 Å². The molecule has 1 unspecified atom stereocenters. The third-order valence-electron chi connectivity index (χ3n) is 6.18. The van der Waals surface area contributed by atoms with Crippen LogP contribution in [0.5, 0.6) is 0 Å². The van der Waals surface area contributed by atoms with Crippen molar-refractivity contribution < 1.29 is 4.52 Å². The molecular formula is C17H28ClN3O. The van der Waals surface area contributed by atoms with Gasteiger partial charge in [0.2, 0.25) is 5.89 Å². The van der Waals surface area contributed by atoms with Crippen LogP contribution in [0.15, 0.2) is 4.52 Å². The van der Waals surface area contributed by atoms with Crippen molar-refractivity contribution in [2.75, 3.05) is 7.05 Å². The zero-order valence-electron chi connectivity index (χ0n) is 13.7. The lowest BCUT2D eigenvalue weighted by molar-refractivity contribution is -0.0556. The van der Waals surface area contributed by atoms with E-state index in [1.165, 1.54) is 38.5 Å². The second kappa shape index (κ2) is 6.12. The first-order valence-electron chi connectivity index (χ1n) is 8.63. The number of nitrogens with one attached hydrogen (secondary N) is 1. The number of nitrogens with zero attached hydrogens (tertiary/aromatic N) is 2. The average Bonchev–Trinajstić information content (AvgIpc) is 2.83. The Kier molecular flexibility index (Phi) is 4.52. The lowest BCUT2D eigenvalue weighted by atomic mass is 9.49. The number of likely N-dealkylation sites (N-methyl/N-ethyl adjacent to an activating group) is 1. The van der Waals surface area contributed by atoms with E-state index in [1.54, 1.807) is 0 Å². The van der Waals surface area contributed by atoms with Crippen LogP contribution in [0.2, 0.25) is 0 Å². The highest BCUT2D eigenvalue weighted by Crippen LogP contribution is 2.60. The Hall–Kier alpha value is -0.610. The summed E-state index contributed by atoms with van der Waals surface area (Å²) in [6.07, 6.45) is 10.6. The second-order valence-electron chi connectivity index (χ2n) is 8.09. The van der Waals surface area contributed by atoms with Gasteiger partial charge in [-0.05, 0) is 75.7 Å². The maximum Gasteiger partial charge on any atom is 0.227 e. The quantitative estimate of drug-likeness (QED) is 0.901. The minimum Gasteiger partial charge on any atom is -0.339 e. The van der Waals surface area contributed by atoms with Crippen LogP contribution >= 0.6 is 12.4 Å². The highest BCUT2D eigenvalue weighted by atomic mass is 35.5. The summed E-state index contributed by atoms with van der Waals surface area (Å²) < 4.78 is 5.56. The van der Waals surface area contributed by atoms with Crippen molar-refractivity contribution in [1.29, 1.82) is 0 Å². The Morgan fingerprint density at radius 3 is 2.32 bits per heavy atom. The first kappa shape index (κ1) is 16.3. The third kappa shape index (κ3) is 3.05. The standard InChI is InChI=1S/C17H27N3O.ClH/c1-11(18-2)3-15-19-16(21-20-15)10-17-7-12-4-13(8-17)6-14(5-12)9-17;/h11-14,18H,3-10H2,1-2H3;1H. The fourth-order valence-corrected chi connectivity index (χ4v) is 5.65. The van der Waals surface area contributed by atoms with E-state index in [1.807, 2.05) is 7.05 Å². The van der Waals surface area contributed by atoms with Gasteiger partial charge in [-0.15, -0.1) is 12.4 Å². The minimum absolute atomic E-state index is 0. The minimum atomic E-state index is 0. The molecule has 1 atom stereocenters. The number of rotatable bonds is 5. The molecule has 0 radical (unpaired) electrons. The summed E-state index contributed by atoms with van der Waals surface area (Å²) in [5.74, 6) is 4.71. The molecule has 4 nitrogen and oxygen atoms in total. The summed E-state index contributed by atoms with van der Waals surface area (Å²) in [5.41, 5.74) is 0.493. The highest BCUT2D eigenvalue weighted by molar-refractivity contribution is 5.85. The van der Waals surface area contributed by atoms with Crippen LogP contribution in [0.3, 0.4) is 0 Å². The average molecular weight is 326 g/mol. The predicted octanol–water partition coefficient (Wildman–Crippen LogP) is 3.40. The van der Waals surface area contributed by atoms with Crippen molar-refractivity contribution in [3.05, 3.63) is 11.7 Å². The van der Waals surface area contributed by atoms with Crippen LogP contribution < -0.4 is 5.32 Å². The third-order valence-corrected chi connectivity index (χ3v) is 6.18. The van der Waals surface area contributed by atoms with Crippen molar-refractivity contribution in [2.45, 2.75) is 64.3 Å². The lowest BCUT2D eigenvalue weighted by Gasteiger charge is -2.56. The zero-order valence-corrected chi connectivity index (χ0v) is 14.5. The summed E-state index contributed by atoms with van der Waals surface area (Å²) in [7, 11) is 1.97. The van der Waals surface area contributed by atoms with E-state index in [4.69, 9.17) is 4.52 Å². The Labute approximate surface area is 139 Å². The Morgan fingerprint density at radius 2 is 1.77 bits per heavy atom. The van der Waals surface area contributed by atoms with E-state index >= 15 is 0 Å². The molecule has 1 aromatic rings. The Morgan fingerprint density at radius 1 is 1.18 bits per heavy atom. The van der Waals surface area contributed by atoms with Crippen LogP contribution in [0.25, 0.3) is 0 Å². The predicted molar refractivity (Wildman–Crippen MR) is 88.1 cm³/mol. The van der Waals surface area contributed by atoms with Gasteiger partial charge < -0.3 is 9.84 Å². The fourth-order valence-electron chi connectivity index (χ4n) is 5.65. The molecule has 4 aliphatic rings. The largest absolute Gasteiger partial charge is 0.339 e. The molecule has 1 heterocycles. The molecule has 0 spiro atoms. The van der Waals surface area contributed by atoms with Crippen LogP contribution in [0, 0.1) is 23.2 Å². The SMILES string of the molecule is CNC(C)Cc1noc(CC23CC4CC(CC(C4)C2)C3)n1.Cl. The van der Waals surface area contributed by atoms with Gasteiger partial charge in [-0.25, -0.2) is 0 Å². The van der Waals surface area contributed by atoms with E-state index in [0.29, 0.717) is 11.5 Å². The lowest BCUT2D eigenvalue weighted by Crippen LogP contribution is -2.47. The number of hydrogen-bond acceptors (Lipinski definition) is 4. The van der Waals surface area contributed by atoms with E-state index in [0.717, 1.165) is 42.3 Å². The van der Waals surface area contributed by atoms with Gasteiger partial charge in [0.15, 0.2) is 5.82 Å². The number of halogens is 1. The van der Waals surface area contributed by atoms with Gasteiger partial charge in [-0.3, -0.25) is 0 Å². The molecule has 1 aromatic heterocycles. The molecule has 0 aromatic carbocycles. The molecule has 0 amide bonds. The van der Waals surface area contributed by atoms with Gasteiger partial charge in [-0.2, -0.15) is 4.98 Å². The van der Waals surface area contributed by atoms with Gasteiger partial charge in [-0.1, -0.05) is 5.16 Å². The molecule has 5 rings (SSSR count). The first-order valence-corrected chi connectivity index (χ1v) is 8.63. The molecule has 0 aliphatic heterocycles. The molecule has 22 heavy (non-hydrogen) atoms. The van der Waals surface area contributed by atoms with Crippen LogP contribution in [-0.4, -0.2) is 23.2 Å². The molecule has 0 saturated heterocycles. The van der Waals surface area contributed by atoms with E-state index < -0.39 is 0 Å². The fraction of sp³-hybridized carbons (Fsp3) is 0.882. The van der Waals surface area contributed by atoms with E-state index in [-0.39, 0.29) is 12.4 Å². The van der Waals surface area contributed by atoms with Crippen molar-refractivity contribution in [2.24, 2.45) is 23.2 Å². The van der Waals surface area contributed by atoms with Crippen molar-refractivity contribution >= 4 is 12.4 Å². The Bertz CT molecular complexity index is 480. The monoisotopic (exact) mass is 325 g/mol. The first-order chi connectivity index (χ1) is 10.1. The summed E-state index contributed by atoms with van der Waals surface area (Å²) >= 11 is 0. The molecule has 4 saturated carbocycles. The molecule has 4 bridgehead atoms. The van der Waals surface area contributed by atoms with Crippen LogP contribution in [0.4, 0.5) is 0 Å². The number of aromatic nitrogens is 2. The molecular weight excluding hydrogens is 298 g/mol. The van der Waals surface area contributed by atoms with Gasteiger partial charge in [0.25, 0.3) is 0 Å². The van der Waals surface area contributed by atoms with Crippen molar-refractivity contribution in [1.82, 2.24) is 15.5 Å². The summed E-state index contributed by atoms with van der Waals surface area (Å²) in [6, 6.07) is 0.398. The van der Waals surface area contributed by atoms with Gasteiger partial charge in [0.1, 0.15) is 0 Å². The van der Waals surface area contributed by atoms with Gasteiger partial charge >= 0.3 is 0 Å². The topological polar surface area (TPSA) is 51.0 Å². The molecule has 1 N–H and O–H groups in total. The van der Waals surface area contributed by atoms with Crippen LogP contribution in [-0.2, 0) is 12.8 Å². The zero-order chi connectivity index (χ0) is 14.4. The van der Waals surface area contributed by atoms with Crippen molar-refractivity contribution in [3.63, 3.8) is 0 Å². The van der Waals surface area contributed by atoms with Crippen molar-refractivity contribution in [3.8, 4) is 0 Å². The van der Waals surface area contributed by atoms with Gasteiger partial charge in [0, 0.05) is 18.9 Å². The molecule has 5 heteroatoms. The molecule has 124 valence electrons. The van der Waals surface area contributed by atoms with Gasteiger partial charge in [0.05, 0.1) is 0 Å². The normalized spacial score (nSPS) is 37.1. The molecule has 4 fully saturated rings. The van der Waals surface area contributed by atoms with E-state index in [2.05, 4.69) is 22.4 Å². The Balaban J connectivity index is 0.00000144. The second-order valence-corrected chi connectivity index (χ2v) is 8.09. The maximum atomic E-state index is 5.56.